The molecule has 6 heteroatoms. The Labute approximate surface area is 185 Å². The zero-order chi connectivity index (χ0) is 21.5. The molecule has 0 aliphatic carbocycles. The van der Waals surface area contributed by atoms with Gasteiger partial charge < -0.3 is 19.7 Å². The quantitative estimate of drug-likeness (QED) is 0.742. The van der Waals surface area contributed by atoms with Gasteiger partial charge in [-0.05, 0) is 30.5 Å². The van der Waals surface area contributed by atoms with E-state index in [1.165, 1.54) is 0 Å². The van der Waals surface area contributed by atoms with E-state index in [4.69, 9.17) is 9.47 Å². The Balaban J connectivity index is 1.29. The van der Waals surface area contributed by atoms with Crippen LogP contribution in [0.25, 0.3) is 0 Å². The molecule has 2 heterocycles. The Hall–Kier alpha value is -2.57. The maximum atomic E-state index is 13.3. The van der Waals surface area contributed by atoms with E-state index in [2.05, 4.69) is 39.4 Å². The third kappa shape index (κ3) is 4.86. The summed E-state index contributed by atoms with van der Waals surface area (Å²) in [4.78, 5) is 18.1. The molecule has 4 rings (SSSR count). The summed E-state index contributed by atoms with van der Waals surface area (Å²) < 4.78 is 11.1. The molecule has 2 aliphatic heterocycles. The van der Waals surface area contributed by atoms with Gasteiger partial charge in [-0.2, -0.15) is 0 Å². The van der Waals surface area contributed by atoms with Gasteiger partial charge >= 0.3 is 0 Å². The number of piperazine rings is 1. The van der Waals surface area contributed by atoms with Gasteiger partial charge in [-0.15, -0.1) is 0 Å². The van der Waals surface area contributed by atoms with E-state index >= 15 is 0 Å². The topological polar surface area (TPSA) is 54.0 Å². The second-order valence-electron chi connectivity index (χ2n) is 8.32. The van der Waals surface area contributed by atoms with Crippen LogP contribution in [0.4, 0.5) is 5.69 Å². The zero-order valence-corrected chi connectivity index (χ0v) is 18.4. The monoisotopic (exact) mass is 423 g/mol. The molecular weight excluding hydrogens is 390 g/mol. The zero-order valence-electron chi connectivity index (χ0n) is 18.4. The standard InChI is InChI=1S/C25H33N3O3/c1-30-23-10-6-5-9-22(23)28-17-15-27(16-18-28)14-13-26-24(29)25(11-19-31-20-12-25)21-7-3-2-4-8-21/h2-10H,11-20H2,1H3,(H,26,29). The van der Waals surface area contributed by atoms with Crippen LogP contribution in [0, 0.1) is 0 Å². The highest BCUT2D eigenvalue weighted by atomic mass is 16.5. The summed E-state index contributed by atoms with van der Waals surface area (Å²) >= 11 is 0. The lowest BCUT2D eigenvalue weighted by Gasteiger charge is -2.38. The van der Waals surface area contributed by atoms with Crippen molar-refractivity contribution in [1.82, 2.24) is 10.2 Å². The molecule has 2 aliphatic rings. The maximum Gasteiger partial charge on any atom is 0.230 e. The van der Waals surface area contributed by atoms with Gasteiger partial charge in [0.15, 0.2) is 0 Å². The number of hydrogen-bond acceptors (Lipinski definition) is 5. The van der Waals surface area contributed by atoms with Crippen molar-refractivity contribution >= 4 is 11.6 Å². The first kappa shape index (κ1) is 21.7. The van der Waals surface area contributed by atoms with Gasteiger partial charge in [0.05, 0.1) is 18.2 Å². The molecule has 166 valence electrons. The summed E-state index contributed by atoms with van der Waals surface area (Å²) in [5, 5.41) is 3.23. The van der Waals surface area contributed by atoms with E-state index in [0.717, 1.165) is 62.6 Å². The molecule has 0 aromatic heterocycles. The second-order valence-corrected chi connectivity index (χ2v) is 8.32. The maximum absolute atomic E-state index is 13.3. The number of benzene rings is 2. The van der Waals surface area contributed by atoms with Crippen LogP contribution in [0.2, 0.25) is 0 Å². The highest BCUT2D eigenvalue weighted by Crippen LogP contribution is 2.35. The fourth-order valence-corrected chi connectivity index (χ4v) is 4.72. The van der Waals surface area contributed by atoms with Gasteiger partial charge in [0.25, 0.3) is 0 Å². The first-order chi connectivity index (χ1) is 15.2. The molecule has 0 radical (unpaired) electrons. The second kappa shape index (κ2) is 10.2. The van der Waals surface area contributed by atoms with Crippen LogP contribution >= 0.6 is 0 Å². The minimum absolute atomic E-state index is 0.134. The lowest BCUT2D eigenvalue weighted by molar-refractivity contribution is -0.130. The van der Waals surface area contributed by atoms with E-state index in [1.54, 1.807) is 7.11 Å². The van der Waals surface area contributed by atoms with Gasteiger partial charge in [-0.25, -0.2) is 0 Å². The molecule has 2 aromatic rings. The largest absolute Gasteiger partial charge is 0.495 e. The summed E-state index contributed by atoms with van der Waals surface area (Å²) in [6.45, 7) is 6.67. The van der Waals surface area contributed by atoms with Crippen molar-refractivity contribution < 1.29 is 14.3 Å². The summed E-state index contributed by atoms with van der Waals surface area (Å²) in [6, 6.07) is 18.4. The van der Waals surface area contributed by atoms with Crippen LogP contribution in [0.3, 0.4) is 0 Å². The van der Waals surface area contributed by atoms with Crippen molar-refractivity contribution in [3.8, 4) is 5.75 Å². The number of rotatable bonds is 7. The lowest BCUT2D eigenvalue weighted by atomic mass is 9.73. The molecule has 0 atom stereocenters. The van der Waals surface area contributed by atoms with Crippen LogP contribution in [0.5, 0.6) is 5.75 Å². The Morgan fingerprint density at radius 2 is 1.68 bits per heavy atom. The average molecular weight is 424 g/mol. The van der Waals surface area contributed by atoms with Gasteiger partial charge in [-0.3, -0.25) is 9.69 Å². The van der Waals surface area contributed by atoms with Crippen molar-refractivity contribution in [2.75, 3.05) is 64.5 Å². The Morgan fingerprint density at radius 3 is 2.39 bits per heavy atom. The van der Waals surface area contributed by atoms with Crippen LogP contribution in [-0.4, -0.2) is 70.4 Å². The van der Waals surface area contributed by atoms with E-state index < -0.39 is 5.41 Å². The number of hydrogen-bond donors (Lipinski definition) is 1. The molecule has 2 aromatic carbocycles. The Morgan fingerprint density at radius 1 is 1.00 bits per heavy atom. The SMILES string of the molecule is COc1ccccc1N1CCN(CCNC(=O)C2(c3ccccc3)CCOCC2)CC1. The molecule has 0 spiro atoms. The Bertz CT molecular complexity index is 844. The van der Waals surface area contributed by atoms with Crippen LogP contribution in [0.1, 0.15) is 18.4 Å². The number of carbonyl (C=O) groups is 1. The molecule has 0 bridgehead atoms. The molecule has 1 amide bonds. The number of para-hydroxylation sites is 2. The summed E-state index contributed by atoms with van der Waals surface area (Å²) in [7, 11) is 1.72. The van der Waals surface area contributed by atoms with Crippen LogP contribution in [0.15, 0.2) is 54.6 Å². The first-order valence-corrected chi connectivity index (χ1v) is 11.2. The number of nitrogens with one attached hydrogen (secondary N) is 1. The lowest BCUT2D eigenvalue weighted by Crippen LogP contribution is -2.51. The summed E-state index contributed by atoms with van der Waals surface area (Å²) in [6.07, 6.45) is 1.47. The van der Waals surface area contributed by atoms with Crippen molar-refractivity contribution in [2.45, 2.75) is 18.3 Å². The average Bonchev–Trinajstić information content (AvgIpc) is 2.85. The van der Waals surface area contributed by atoms with Gasteiger partial charge in [-0.1, -0.05) is 42.5 Å². The highest BCUT2D eigenvalue weighted by Gasteiger charge is 2.41. The van der Waals surface area contributed by atoms with Crippen molar-refractivity contribution in [2.24, 2.45) is 0 Å². The minimum atomic E-state index is -0.470. The number of ether oxygens (including phenoxy) is 2. The van der Waals surface area contributed by atoms with Gasteiger partial charge in [0, 0.05) is 52.5 Å². The van der Waals surface area contributed by atoms with Crippen LogP contribution in [-0.2, 0) is 14.9 Å². The molecule has 31 heavy (non-hydrogen) atoms. The minimum Gasteiger partial charge on any atom is -0.495 e. The fourth-order valence-electron chi connectivity index (χ4n) is 4.72. The normalized spacial score (nSPS) is 19.1. The molecule has 2 saturated heterocycles. The third-order valence-electron chi connectivity index (χ3n) is 6.62. The van der Waals surface area contributed by atoms with E-state index in [-0.39, 0.29) is 5.91 Å². The van der Waals surface area contributed by atoms with Crippen LogP contribution < -0.4 is 15.0 Å². The van der Waals surface area contributed by atoms with E-state index in [9.17, 15) is 4.79 Å². The van der Waals surface area contributed by atoms with E-state index in [1.807, 2.05) is 30.3 Å². The molecule has 2 fully saturated rings. The van der Waals surface area contributed by atoms with Gasteiger partial charge in [0.1, 0.15) is 5.75 Å². The highest BCUT2D eigenvalue weighted by molar-refractivity contribution is 5.88. The molecule has 6 nitrogen and oxygen atoms in total. The number of carbonyl (C=O) groups excluding carboxylic acids is 1. The van der Waals surface area contributed by atoms with Crippen molar-refractivity contribution in [1.29, 1.82) is 0 Å². The summed E-state index contributed by atoms with van der Waals surface area (Å²) in [5.41, 5.74) is 1.78. The molecule has 0 unspecified atom stereocenters. The molecular formula is C25H33N3O3. The number of amides is 1. The Kier molecular flexibility index (Phi) is 7.10. The molecule has 0 saturated carbocycles. The first-order valence-electron chi connectivity index (χ1n) is 11.2. The predicted octanol–water partition coefficient (Wildman–Crippen LogP) is 2.68. The van der Waals surface area contributed by atoms with Crippen molar-refractivity contribution in [3.63, 3.8) is 0 Å². The number of methoxy groups -OCH3 is 1. The van der Waals surface area contributed by atoms with Crippen molar-refractivity contribution in [3.05, 3.63) is 60.2 Å². The number of nitrogens with zero attached hydrogens (tertiary/aromatic N) is 2. The fraction of sp³-hybridized carbons (Fsp3) is 0.480. The van der Waals surface area contributed by atoms with Gasteiger partial charge in [0.2, 0.25) is 5.91 Å². The number of anilines is 1. The summed E-state index contributed by atoms with van der Waals surface area (Å²) in [5.74, 6) is 1.06. The smallest absolute Gasteiger partial charge is 0.230 e. The van der Waals surface area contributed by atoms with E-state index in [0.29, 0.717) is 19.8 Å². The molecule has 1 N–H and O–H groups in total. The predicted molar refractivity (Wildman–Crippen MR) is 123 cm³/mol. The third-order valence-corrected chi connectivity index (χ3v) is 6.62.